The lowest BCUT2D eigenvalue weighted by Crippen LogP contribution is -2.16. The monoisotopic (exact) mass is 537 g/mol. The lowest BCUT2D eigenvalue weighted by molar-refractivity contribution is -0.131. The SMILES string of the molecule is COc1cc(-c2cc(-c3cc4ccccc4oc3=O)nc(NC(=O)CCl)c2C#N)ccc1OC(=O)CCl. The van der Waals surface area contributed by atoms with Crippen molar-refractivity contribution in [3.63, 3.8) is 0 Å². The number of anilines is 1. The van der Waals surface area contributed by atoms with E-state index in [9.17, 15) is 19.6 Å². The van der Waals surface area contributed by atoms with Crippen LogP contribution in [0.5, 0.6) is 11.5 Å². The first-order valence-corrected chi connectivity index (χ1v) is 11.7. The summed E-state index contributed by atoms with van der Waals surface area (Å²) in [6.45, 7) is 0. The van der Waals surface area contributed by atoms with Crippen LogP contribution in [0.3, 0.4) is 0 Å². The number of alkyl halides is 2. The highest BCUT2D eigenvalue weighted by Crippen LogP contribution is 2.37. The normalized spacial score (nSPS) is 10.5. The zero-order chi connectivity index (χ0) is 26.5. The molecule has 2 aromatic carbocycles. The molecule has 186 valence electrons. The van der Waals surface area contributed by atoms with Crippen LogP contribution < -0.4 is 20.4 Å². The molecule has 0 radical (unpaired) electrons. The molecule has 0 aliphatic carbocycles. The summed E-state index contributed by atoms with van der Waals surface area (Å²) in [5, 5.41) is 13.1. The average Bonchev–Trinajstić information content (AvgIpc) is 2.92. The number of methoxy groups -OCH3 is 1. The minimum atomic E-state index is -0.675. The minimum Gasteiger partial charge on any atom is -0.493 e. The summed E-state index contributed by atoms with van der Waals surface area (Å²) in [6.07, 6.45) is 0. The Kier molecular flexibility index (Phi) is 7.72. The van der Waals surface area contributed by atoms with Crippen LogP contribution in [0.1, 0.15) is 5.56 Å². The lowest BCUT2D eigenvalue weighted by atomic mass is 9.98. The molecule has 2 aromatic heterocycles. The van der Waals surface area contributed by atoms with Crippen LogP contribution in [0.15, 0.2) is 63.8 Å². The van der Waals surface area contributed by atoms with Crippen LogP contribution >= 0.6 is 23.2 Å². The number of benzene rings is 2. The molecule has 0 fully saturated rings. The summed E-state index contributed by atoms with van der Waals surface area (Å²) in [4.78, 5) is 41.0. The van der Waals surface area contributed by atoms with Crippen molar-refractivity contribution in [2.24, 2.45) is 0 Å². The number of carbonyl (C=O) groups is 2. The molecule has 4 aromatic rings. The molecule has 0 saturated heterocycles. The van der Waals surface area contributed by atoms with E-state index >= 15 is 0 Å². The van der Waals surface area contributed by atoms with Gasteiger partial charge in [-0.25, -0.2) is 9.78 Å². The maximum Gasteiger partial charge on any atom is 0.345 e. The van der Waals surface area contributed by atoms with Crippen LogP contribution in [-0.2, 0) is 9.59 Å². The number of nitriles is 1. The molecule has 0 atom stereocenters. The Bertz CT molecular complexity index is 1630. The van der Waals surface area contributed by atoms with E-state index < -0.39 is 17.5 Å². The van der Waals surface area contributed by atoms with Gasteiger partial charge in [0, 0.05) is 10.9 Å². The van der Waals surface area contributed by atoms with Crippen molar-refractivity contribution in [3.05, 3.63) is 70.6 Å². The fourth-order valence-corrected chi connectivity index (χ4v) is 3.71. The number of aromatic nitrogens is 1. The molecule has 9 nitrogen and oxygen atoms in total. The van der Waals surface area contributed by atoms with Gasteiger partial charge in [0.25, 0.3) is 0 Å². The molecule has 0 bridgehead atoms. The second-order valence-corrected chi connectivity index (χ2v) is 8.07. The second kappa shape index (κ2) is 11.1. The summed E-state index contributed by atoms with van der Waals surface area (Å²) in [7, 11) is 1.38. The number of pyridine rings is 1. The van der Waals surface area contributed by atoms with Crippen LogP contribution in [0, 0.1) is 11.3 Å². The van der Waals surface area contributed by atoms with Crippen molar-refractivity contribution in [3.8, 4) is 40.0 Å². The minimum absolute atomic E-state index is 0.0138. The van der Waals surface area contributed by atoms with Crippen molar-refractivity contribution in [2.75, 3.05) is 24.2 Å². The second-order valence-electron chi connectivity index (χ2n) is 7.53. The van der Waals surface area contributed by atoms with Gasteiger partial charge >= 0.3 is 11.6 Å². The molecule has 0 saturated carbocycles. The van der Waals surface area contributed by atoms with Gasteiger partial charge in [-0.1, -0.05) is 24.3 Å². The van der Waals surface area contributed by atoms with Crippen molar-refractivity contribution in [2.45, 2.75) is 0 Å². The highest BCUT2D eigenvalue weighted by Gasteiger charge is 2.21. The number of para-hydroxylation sites is 1. The van der Waals surface area contributed by atoms with Gasteiger partial charge in [-0.05, 0) is 35.9 Å². The molecular formula is C26H17Cl2N3O6. The Morgan fingerprint density at radius 3 is 2.54 bits per heavy atom. The van der Waals surface area contributed by atoms with E-state index in [0.717, 1.165) is 0 Å². The molecule has 0 spiro atoms. The van der Waals surface area contributed by atoms with Crippen LogP contribution in [-0.4, -0.2) is 35.7 Å². The first-order valence-electron chi connectivity index (χ1n) is 10.7. The highest BCUT2D eigenvalue weighted by molar-refractivity contribution is 6.29. The molecule has 0 unspecified atom stereocenters. The Labute approximate surface area is 220 Å². The molecule has 1 N–H and O–H groups in total. The number of ether oxygens (including phenoxy) is 2. The Morgan fingerprint density at radius 1 is 1.05 bits per heavy atom. The maximum atomic E-state index is 12.8. The van der Waals surface area contributed by atoms with Gasteiger partial charge in [-0.3, -0.25) is 9.59 Å². The van der Waals surface area contributed by atoms with Crippen LogP contribution in [0.25, 0.3) is 33.4 Å². The fraction of sp³-hybridized carbons (Fsp3) is 0.115. The number of carbonyl (C=O) groups excluding carboxylic acids is 2. The van der Waals surface area contributed by atoms with Gasteiger partial charge in [0.15, 0.2) is 17.3 Å². The van der Waals surface area contributed by atoms with E-state index in [2.05, 4.69) is 10.3 Å². The van der Waals surface area contributed by atoms with Gasteiger partial charge < -0.3 is 19.2 Å². The third-order valence-corrected chi connectivity index (χ3v) is 5.70. The molecule has 2 heterocycles. The maximum absolute atomic E-state index is 12.8. The number of rotatable bonds is 7. The zero-order valence-corrected chi connectivity index (χ0v) is 20.7. The van der Waals surface area contributed by atoms with Crippen molar-refractivity contribution >= 4 is 51.9 Å². The zero-order valence-electron chi connectivity index (χ0n) is 19.2. The van der Waals surface area contributed by atoms with E-state index in [0.29, 0.717) is 22.1 Å². The van der Waals surface area contributed by atoms with Crippen molar-refractivity contribution in [1.29, 1.82) is 5.26 Å². The highest BCUT2D eigenvalue weighted by atomic mass is 35.5. The number of nitrogens with one attached hydrogen (secondary N) is 1. The number of esters is 1. The summed E-state index contributed by atoms with van der Waals surface area (Å²) >= 11 is 11.2. The number of nitrogens with zero attached hydrogens (tertiary/aromatic N) is 2. The molecule has 4 rings (SSSR count). The summed E-state index contributed by atoms with van der Waals surface area (Å²) < 4.78 is 16.0. The number of hydrogen-bond acceptors (Lipinski definition) is 8. The third kappa shape index (κ3) is 5.40. The predicted octanol–water partition coefficient (Wildman–Crippen LogP) is 4.72. The molecule has 11 heteroatoms. The van der Waals surface area contributed by atoms with Crippen LogP contribution in [0.4, 0.5) is 5.82 Å². The van der Waals surface area contributed by atoms with Gasteiger partial charge in [0.05, 0.1) is 18.4 Å². The number of halogens is 2. The van der Waals surface area contributed by atoms with Crippen molar-refractivity contribution < 1.29 is 23.5 Å². The van der Waals surface area contributed by atoms with E-state index in [1.807, 2.05) is 6.07 Å². The molecular weight excluding hydrogens is 521 g/mol. The molecule has 1 amide bonds. The lowest BCUT2D eigenvalue weighted by Gasteiger charge is -2.15. The predicted molar refractivity (Wildman–Crippen MR) is 138 cm³/mol. The molecule has 0 aliphatic heterocycles. The van der Waals surface area contributed by atoms with E-state index in [-0.39, 0.29) is 45.9 Å². The smallest absolute Gasteiger partial charge is 0.345 e. The topological polar surface area (TPSA) is 132 Å². The van der Waals surface area contributed by atoms with Gasteiger partial charge in [-0.15, -0.1) is 23.2 Å². The number of hydrogen-bond donors (Lipinski definition) is 1. The van der Waals surface area contributed by atoms with Crippen molar-refractivity contribution in [1.82, 2.24) is 4.98 Å². The molecule has 0 aliphatic rings. The quantitative estimate of drug-likeness (QED) is 0.155. The number of amides is 1. The summed E-state index contributed by atoms with van der Waals surface area (Å²) in [5.74, 6) is -1.78. The van der Waals surface area contributed by atoms with Gasteiger partial charge in [0.1, 0.15) is 29.0 Å². The van der Waals surface area contributed by atoms with E-state index in [1.165, 1.54) is 25.3 Å². The first-order chi connectivity index (χ1) is 17.9. The first kappa shape index (κ1) is 25.7. The average molecular weight is 538 g/mol. The van der Waals surface area contributed by atoms with Gasteiger partial charge in [0.2, 0.25) is 5.91 Å². The van der Waals surface area contributed by atoms with E-state index in [4.69, 9.17) is 37.1 Å². The van der Waals surface area contributed by atoms with E-state index in [1.54, 1.807) is 36.4 Å². The molecule has 37 heavy (non-hydrogen) atoms. The summed E-state index contributed by atoms with van der Waals surface area (Å²) in [6, 6.07) is 16.7. The number of fused-ring (bicyclic) bond motifs is 1. The third-order valence-electron chi connectivity index (χ3n) is 5.24. The fourth-order valence-electron chi connectivity index (χ4n) is 3.59. The standard InChI is InChI=1S/C26H17Cl2N3O6/c1-35-22-9-14(6-7-21(22)36-24(33)12-28)16-10-19(30-25(18(16)13-29)31-23(32)11-27)17-8-15-4-2-3-5-20(15)37-26(17)34/h2-10H,11-12H2,1H3,(H,30,31,32). The van der Waals surface area contributed by atoms with Gasteiger partial charge in [-0.2, -0.15) is 5.26 Å². The Morgan fingerprint density at radius 2 is 1.84 bits per heavy atom. The summed E-state index contributed by atoms with van der Waals surface area (Å²) in [5.41, 5.74) is 0.790. The van der Waals surface area contributed by atoms with Crippen LogP contribution in [0.2, 0.25) is 0 Å². The Hall–Kier alpha value is -4.39. The Balaban J connectivity index is 1.95. The largest absolute Gasteiger partial charge is 0.493 e.